The lowest BCUT2D eigenvalue weighted by molar-refractivity contribution is -0.121. The van der Waals surface area contributed by atoms with Gasteiger partial charge in [0.05, 0.1) is 6.54 Å². The van der Waals surface area contributed by atoms with Crippen molar-refractivity contribution in [2.24, 2.45) is 5.73 Å². The minimum atomic E-state index is 0.120. The SMILES string of the molecule is CCCCCCCCCCCCCCCCCCN(CCCCCCCCCCCCCCCCCC)NCC(=O)NCCCCNCCCN. The molecule has 0 heterocycles. The Labute approximate surface area is 321 Å². The Balaban J connectivity index is 4.01. The van der Waals surface area contributed by atoms with E-state index in [4.69, 9.17) is 5.73 Å². The van der Waals surface area contributed by atoms with Gasteiger partial charge in [0.1, 0.15) is 0 Å². The number of hydrogen-bond donors (Lipinski definition) is 4. The Bertz CT molecular complexity index is 612. The maximum Gasteiger partial charge on any atom is 0.235 e. The van der Waals surface area contributed by atoms with Crippen LogP contribution in [0.4, 0.5) is 0 Å². The molecule has 51 heavy (non-hydrogen) atoms. The van der Waals surface area contributed by atoms with Crippen molar-refractivity contribution in [3.8, 4) is 0 Å². The lowest BCUT2D eigenvalue weighted by Gasteiger charge is -2.23. The lowest BCUT2D eigenvalue weighted by Crippen LogP contribution is -2.45. The molecule has 0 atom stereocenters. The van der Waals surface area contributed by atoms with Gasteiger partial charge >= 0.3 is 0 Å². The lowest BCUT2D eigenvalue weighted by atomic mass is 10.0. The van der Waals surface area contributed by atoms with E-state index in [1.165, 1.54) is 205 Å². The van der Waals surface area contributed by atoms with E-state index in [1.54, 1.807) is 0 Å². The van der Waals surface area contributed by atoms with E-state index in [2.05, 4.69) is 34.9 Å². The molecule has 0 saturated heterocycles. The van der Waals surface area contributed by atoms with E-state index < -0.39 is 0 Å². The molecule has 6 heteroatoms. The molecule has 6 nitrogen and oxygen atoms in total. The van der Waals surface area contributed by atoms with Gasteiger partial charge in [-0.15, -0.1) is 0 Å². The summed E-state index contributed by atoms with van der Waals surface area (Å²) in [5, 5.41) is 8.88. The van der Waals surface area contributed by atoms with E-state index in [0.717, 1.165) is 58.5 Å². The van der Waals surface area contributed by atoms with E-state index >= 15 is 0 Å². The molecule has 0 bridgehead atoms. The molecule has 0 aromatic heterocycles. The van der Waals surface area contributed by atoms with Crippen LogP contribution in [0.25, 0.3) is 0 Å². The zero-order valence-electron chi connectivity index (χ0n) is 35.1. The first-order valence-electron chi connectivity index (χ1n) is 23.4. The van der Waals surface area contributed by atoms with E-state index in [0.29, 0.717) is 6.54 Å². The summed E-state index contributed by atoms with van der Waals surface area (Å²) >= 11 is 0. The molecule has 0 aliphatic carbocycles. The van der Waals surface area contributed by atoms with Gasteiger partial charge in [0.25, 0.3) is 0 Å². The molecular weight excluding hydrogens is 627 g/mol. The van der Waals surface area contributed by atoms with Crippen LogP contribution in [0.5, 0.6) is 0 Å². The topological polar surface area (TPSA) is 82.4 Å². The van der Waals surface area contributed by atoms with Crippen molar-refractivity contribution in [3.63, 3.8) is 0 Å². The second kappa shape index (κ2) is 45.5. The zero-order valence-corrected chi connectivity index (χ0v) is 35.1. The quantitative estimate of drug-likeness (QED) is 0.0372. The largest absolute Gasteiger partial charge is 0.355 e. The summed E-state index contributed by atoms with van der Waals surface area (Å²) in [6, 6.07) is 0. The molecule has 0 fully saturated rings. The second-order valence-electron chi connectivity index (χ2n) is 15.9. The third-order valence-corrected chi connectivity index (χ3v) is 10.7. The second-order valence-corrected chi connectivity index (χ2v) is 15.9. The molecule has 0 aromatic carbocycles. The number of unbranched alkanes of at least 4 members (excludes halogenated alkanes) is 31. The maximum atomic E-state index is 12.5. The van der Waals surface area contributed by atoms with Gasteiger partial charge in [-0.3, -0.25) is 4.79 Å². The molecule has 0 saturated carbocycles. The summed E-state index contributed by atoms with van der Waals surface area (Å²) in [5.74, 6) is 0.120. The number of carbonyl (C=O) groups excluding carboxylic acids is 1. The normalized spacial score (nSPS) is 11.6. The molecule has 0 radical (unpaired) electrons. The van der Waals surface area contributed by atoms with Gasteiger partial charge in [-0.2, -0.15) is 0 Å². The van der Waals surface area contributed by atoms with Gasteiger partial charge in [-0.25, -0.2) is 10.4 Å². The summed E-state index contributed by atoms with van der Waals surface area (Å²) in [7, 11) is 0. The molecule has 0 aliphatic heterocycles. The van der Waals surface area contributed by atoms with Crippen LogP contribution < -0.4 is 21.8 Å². The van der Waals surface area contributed by atoms with E-state index in [1.807, 2.05) is 0 Å². The number of hydrogen-bond acceptors (Lipinski definition) is 5. The fraction of sp³-hybridized carbons (Fsp3) is 0.978. The first-order valence-corrected chi connectivity index (χ1v) is 23.4. The summed E-state index contributed by atoms with van der Waals surface area (Å²) in [6.07, 6.45) is 48.0. The van der Waals surface area contributed by atoms with Gasteiger partial charge in [0.15, 0.2) is 0 Å². The highest BCUT2D eigenvalue weighted by atomic mass is 16.2. The average molecular weight is 722 g/mol. The number of carbonyl (C=O) groups is 1. The standard InChI is InChI=1S/C45H95N5O/c1-3-5-7-9-11-13-15-17-19-21-23-25-27-29-31-35-42-50(49-44-45(51)48-41-34-33-39-47-40-37-38-46)43-36-32-30-28-26-24-22-20-18-16-14-12-10-8-6-4-2/h47,49H,3-44,46H2,1-2H3,(H,48,51). The first kappa shape index (κ1) is 50.3. The van der Waals surface area contributed by atoms with Crippen LogP contribution in [0, 0.1) is 0 Å². The number of nitrogens with zero attached hydrogens (tertiary/aromatic N) is 1. The van der Waals surface area contributed by atoms with Crippen molar-refractivity contribution >= 4 is 5.91 Å². The Morgan fingerprint density at radius 1 is 0.412 bits per heavy atom. The van der Waals surface area contributed by atoms with E-state index in [9.17, 15) is 4.79 Å². The molecule has 1 amide bonds. The Hall–Kier alpha value is -0.690. The Morgan fingerprint density at radius 2 is 0.725 bits per heavy atom. The number of rotatable bonds is 45. The van der Waals surface area contributed by atoms with Crippen LogP contribution in [0.15, 0.2) is 0 Å². The summed E-state index contributed by atoms with van der Waals surface area (Å²) in [6.45, 7) is 10.6. The Morgan fingerprint density at radius 3 is 1.08 bits per heavy atom. The molecule has 0 aliphatic rings. The molecule has 0 rings (SSSR count). The molecule has 0 spiro atoms. The van der Waals surface area contributed by atoms with Gasteiger partial charge in [0, 0.05) is 19.6 Å². The predicted octanol–water partition coefficient (Wildman–Crippen LogP) is 12.2. The number of amides is 1. The minimum Gasteiger partial charge on any atom is -0.355 e. The van der Waals surface area contributed by atoms with Crippen LogP contribution >= 0.6 is 0 Å². The smallest absolute Gasteiger partial charge is 0.235 e. The monoisotopic (exact) mass is 722 g/mol. The number of nitrogens with one attached hydrogen (secondary N) is 3. The highest BCUT2D eigenvalue weighted by Crippen LogP contribution is 2.15. The highest BCUT2D eigenvalue weighted by molar-refractivity contribution is 5.77. The van der Waals surface area contributed by atoms with Gasteiger partial charge < -0.3 is 16.4 Å². The zero-order chi connectivity index (χ0) is 37.0. The van der Waals surface area contributed by atoms with Crippen LogP contribution in [0.3, 0.4) is 0 Å². The van der Waals surface area contributed by atoms with Crippen molar-refractivity contribution < 1.29 is 4.79 Å². The third-order valence-electron chi connectivity index (χ3n) is 10.7. The van der Waals surface area contributed by atoms with Crippen molar-refractivity contribution in [2.75, 3.05) is 45.8 Å². The van der Waals surface area contributed by atoms with Crippen molar-refractivity contribution in [1.82, 2.24) is 21.1 Å². The van der Waals surface area contributed by atoms with Crippen LogP contribution in [-0.2, 0) is 4.79 Å². The van der Waals surface area contributed by atoms with Crippen molar-refractivity contribution in [3.05, 3.63) is 0 Å². The molecule has 0 unspecified atom stereocenters. The molecule has 5 N–H and O–H groups in total. The Kier molecular flexibility index (Phi) is 44.9. The minimum absolute atomic E-state index is 0.120. The maximum absolute atomic E-state index is 12.5. The average Bonchev–Trinajstić information content (AvgIpc) is 3.14. The highest BCUT2D eigenvalue weighted by Gasteiger charge is 2.08. The number of nitrogens with two attached hydrogens (primary N) is 1. The molecular formula is C45H95N5O. The third kappa shape index (κ3) is 43.6. The first-order chi connectivity index (χ1) is 25.2. The molecule has 0 aromatic rings. The van der Waals surface area contributed by atoms with Crippen LogP contribution in [0.1, 0.15) is 239 Å². The predicted molar refractivity (Wildman–Crippen MR) is 227 cm³/mol. The van der Waals surface area contributed by atoms with Crippen molar-refractivity contribution in [2.45, 2.75) is 239 Å². The van der Waals surface area contributed by atoms with Crippen LogP contribution in [-0.4, -0.2) is 56.7 Å². The summed E-state index contributed by atoms with van der Waals surface area (Å²) < 4.78 is 0. The number of hydrazine groups is 1. The van der Waals surface area contributed by atoms with Crippen LogP contribution in [0.2, 0.25) is 0 Å². The summed E-state index contributed by atoms with van der Waals surface area (Å²) in [4.78, 5) is 12.5. The molecule has 306 valence electrons. The van der Waals surface area contributed by atoms with Gasteiger partial charge in [-0.05, 0) is 51.7 Å². The van der Waals surface area contributed by atoms with Gasteiger partial charge in [0.2, 0.25) is 5.91 Å². The fourth-order valence-corrected chi connectivity index (χ4v) is 7.17. The van der Waals surface area contributed by atoms with Gasteiger partial charge in [-0.1, -0.05) is 206 Å². The summed E-state index contributed by atoms with van der Waals surface area (Å²) in [5.41, 5.74) is 9.05. The van der Waals surface area contributed by atoms with E-state index in [-0.39, 0.29) is 5.91 Å². The fourth-order valence-electron chi connectivity index (χ4n) is 7.17. The van der Waals surface area contributed by atoms with Crippen molar-refractivity contribution in [1.29, 1.82) is 0 Å².